The summed E-state index contributed by atoms with van der Waals surface area (Å²) < 4.78 is 43.5. The molecule has 0 aliphatic carbocycles. The van der Waals surface area contributed by atoms with Gasteiger partial charge < -0.3 is 14.2 Å². The lowest BCUT2D eigenvalue weighted by Gasteiger charge is -2.22. The van der Waals surface area contributed by atoms with Gasteiger partial charge in [0.1, 0.15) is 12.2 Å². The first-order chi connectivity index (χ1) is 11.7. The molecule has 2 rings (SSSR count). The summed E-state index contributed by atoms with van der Waals surface area (Å²) in [7, 11) is 0.837. The highest BCUT2D eigenvalue weighted by atomic mass is 32.2. The van der Waals surface area contributed by atoms with Crippen LogP contribution >= 0.6 is 0 Å². The number of nitrogens with one attached hydrogen (secondary N) is 2. The molecule has 10 nitrogen and oxygen atoms in total. The van der Waals surface area contributed by atoms with Crippen molar-refractivity contribution in [1.82, 2.24) is 14.3 Å². The van der Waals surface area contributed by atoms with Crippen LogP contribution in [0.3, 0.4) is 0 Å². The molecule has 1 saturated heterocycles. The minimum atomic E-state index is -3.41. The molecule has 0 unspecified atom stereocenters. The number of aromatic amines is 1. The van der Waals surface area contributed by atoms with Crippen LogP contribution in [0.25, 0.3) is 0 Å². The van der Waals surface area contributed by atoms with E-state index < -0.39 is 45.8 Å². The Balaban J connectivity index is 2.32. The molecule has 11 heteroatoms. The summed E-state index contributed by atoms with van der Waals surface area (Å²) in [5.74, 6) is -0.156. The Morgan fingerprint density at radius 2 is 1.92 bits per heavy atom. The minimum Gasteiger partial charge on any atom is -0.376 e. The van der Waals surface area contributed by atoms with Gasteiger partial charge in [-0.25, -0.2) is 17.9 Å². The van der Waals surface area contributed by atoms with E-state index in [9.17, 15) is 18.0 Å². The molecule has 0 spiro atoms. The summed E-state index contributed by atoms with van der Waals surface area (Å²) in [6, 6.07) is 0. The van der Waals surface area contributed by atoms with Gasteiger partial charge in [-0.1, -0.05) is 0 Å². The predicted molar refractivity (Wildman–Crippen MR) is 89.0 cm³/mol. The number of methoxy groups -OCH3 is 2. The van der Waals surface area contributed by atoms with Gasteiger partial charge >= 0.3 is 5.69 Å². The van der Waals surface area contributed by atoms with Crippen molar-refractivity contribution in [3.8, 4) is 0 Å². The number of aryl methyl sites for hydroxylation is 1. The number of ether oxygens (including phenoxy) is 3. The van der Waals surface area contributed by atoms with E-state index in [4.69, 9.17) is 14.2 Å². The minimum absolute atomic E-state index is 0.156. The van der Waals surface area contributed by atoms with Gasteiger partial charge in [0.2, 0.25) is 10.0 Å². The summed E-state index contributed by atoms with van der Waals surface area (Å²) in [6.07, 6.45) is -1.11. The Hall–Kier alpha value is -1.53. The van der Waals surface area contributed by atoms with Gasteiger partial charge in [0, 0.05) is 26.0 Å². The van der Waals surface area contributed by atoms with E-state index in [2.05, 4.69) is 9.71 Å². The molecule has 1 aliphatic rings. The second kappa shape index (κ2) is 7.79. The highest BCUT2D eigenvalue weighted by molar-refractivity contribution is 7.89. The first-order valence-corrected chi connectivity index (χ1v) is 9.33. The van der Waals surface area contributed by atoms with Crippen molar-refractivity contribution in [2.45, 2.75) is 37.9 Å². The van der Waals surface area contributed by atoms with Crippen molar-refractivity contribution in [1.29, 1.82) is 0 Å². The third-order valence-electron chi connectivity index (χ3n) is 4.23. The molecule has 25 heavy (non-hydrogen) atoms. The molecule has 2 N–H and O–H groups in total. The lowest BCUT2D eigenvalue weighted by atomic mass is 10.1. The average Bonchev–Trinajstić information content (AvgIpc) is 2.93. The lowest BCUT2D eigenvalue weighted by molar-refractivity contribution is -0.0559. The van der Waals surface area contributed by atoms with Gasteiger partial charge in [0.15, 0.2) is 6.23 Å². The maximum Gasteiger partial charge on any atom is 0.330 e. The summed E-state index contributed by atoms with van der Waals surface area (Å²) in [5, 5.41) is 0. The van der Waals surface area contributed by atoms with Crippen LogP contribution in [0.15, 0.2) is 15.8 Å². The molecule has 1 aromatic rings. The first-order valence-electron chi connectivity index (χ1n) is 7.68. The zero-order valence-corrected chi connectivity index (χ0v) is 15.3. The highest BCUT2D eigenvalue weighted by Crippen LogP contribution is 2.33. The van der Waals surface area contributed by atoms with E-state index in [-0.39, 0.29) is 12.2 Å². The van der Waals surface area contributed by atoms with Crippen molar-refractivity contribution < 1.29 is 22.6 Å². The number of nitrogens with zero attached hydrogens (tertiary/aromatic N) is 1. The average molecular weight is 377 g/mol. The maximum atomic E-state index is 12.1. The fraction of sp³-hybridized carbons (Fsp3) is 0.714. The maximum absolute atomic E-state index is 12.1. The zero-order valence-electron chi connectivity index (χ0n) is 14.5. The molecule has 4 atom stereocenters. The topological polar surface area (TPSA) is 129 Å². The Morgan fingerprint density at radius 3 is 2.48 bits per heavy atom. The van der Waals surface area contributed by atoms with E-state index in [1.54, 1.807) is 6.92 Å². The number of hydrogen-bond acceptors (Lipinski definition) is 7. The SMILES string of the molecule is CNS(=O)(=O)CC[C@H]1O[C@@H](n2cc(C)c(=O)[nH]c2=O)[C@H](OC)[C@@H]1OC. The van der Waals surface area contributed by atoms with E-state index >= 15 is 0 Å². The van der Waals surface area contributed by atoms with Crippen LogP contribution in [-0.4, -0.2) is 63.3 Å². The molecule has 0 aromatic carbocycles. The van der Waals surface area contributed by atoms with Gasteiger partial charge in [0.05, 0.1) is 11.9 Å². The van der Waals surface area contributed by atoms with Gasteiger partial charge in [-0.05, 0) is 20.4 Å². The van der Waals surface area contributed by atoms with E-state index in [1.165, 1.54) is 32.0 Å². The third-order valence-corrected chi connectivity index (χ3v) is 5.63. The van der Waals surface area contributed by atoms with Crippen LogP contribution < -0.4 is 16.0 Å². The second-order valence-corrected chi connectivity index (χ2v) is 7.80. The Kier molecular flexibility index (Phi) is 6.16. The van der Waals surface area contributed by atoms with Gasteiger partial charge in [-0.15, -0.1) is 0 Å². The van der Waals surface area contributed by atoms with Crippen molar-refractivity contribution in [2.75, 3.05) is 27.0 Å². The van der Waals surface area contributed by atoms with Crippen molar-refractivity contribution in [3.63, 3.8) is 0 Å². The number of hydrogen-bond donors (Lipinski definition) is 2. The highest BCUT2D eigenvalue weighted by Gasteiger charge is 2.46. The number of aromatic nitrogens is 2. The van der Waals surface area contributed by atoms with E-state index in [0.29, 0.717) is 5.56 Å². The summed E-state index contributed by atoms with van der Waals surface area (Å²) in [4.78, 5) is 25.9. The lowest BCUT2D eigenvalue weighted by Crippen LogP contribution is -2.40. The standard InChI is InChI=1S/C14H23N3O7S/c1-8-7-17(14(19)16-12(8)18)13-11(23-4)10(22-3)9(24-13)5-6-25(20,21)15-2/h7,9-11,13,15H,5-6H2,1-4H3,(H,16,18,19)/t9-,10-,11-,13-/m1/s1. The predicted octanol–water partition coefficient (Wildman–Crippen LogP) is -1.29. The smallest absolute Gasteiger partial charge is 0.330 e. The molecule has 1 aliphatic heterocycles. The molecule has 1 fully saturated rings. The second-order valence-electron chi connectivity index (χ2n) is 5.76. The number of rotatable bonds is 7. The van der Waals surface area contributed by atoms with E-state index in [1.807, 2.05) is 0 Å². The number of sulfonamides is 1. The van der Waals surface area contributed by atoms with Crippen LogP contribution in [0.5, 0.6) is 0 Å². The van der Waals surface area contributed by atoms with Gasteiger partial charge in [0.25, 0.3) is 5.56 Å². The largest absolute Gasteiger partial charge is 0.376 e. The molecular weight excluding hydrogens is 354 g/mol. The van der Waals surface area contributed by atoms with Gasteiger partial charge in [-0.2, -0.15) is 0 Å². The molecule has 142 valence electrons. The molecule has 0 amide bonds. The third kappa shape index (κ3) is 4.18. The summed E-state index contributed by atoms with van der Waals surface area (Å²) >= 11 is 0. The Bertz CT molecular complexity index is 816. The normalized spacial score (nSPS) is 26.9. The quantitative estimate of drug-likeness (QED) is 0.605. The van der Waals surface area contributed by atoms with Crippen LogP contribution in [0, 0.1) is 6.92 Å². The van der Waals surface area contributed by atoms with Crippen LogP contribution in [0.4, 0.5) is 0 Å². The molecule has 0 radical (unpaired) electrons. The van der Waals surface area contributed by atoms with Crippen LogP contribution in [-0.2, 0) is 24.2 Å². The molecule has 0 saturated carbocycles. The summed E-state index contributed by atoms with van der Waals surface area (Å²) in [6.45, 7) is 1.57. The van der Waals surface area contributed by atoms with E-state index in [0.717, 1.165) is 0 Å². The van der Waals surface area contributed by atoms with Crippen molar-refractivity contribution >= 4 is 10.0 Å². The Morgan fingerprint density at radius 1 is 1.28 bits per heavy atom. The zero-order chi connectivity index (χ0) is 18.8. The summed E-state index contributed by atoms with van der Waals surface area (Å²) in [5.41, 5.74) is -0.776. The molecular formula is C14H23N3O7S. The molecule has 2 heterocycles. The first kappa shape index (κ1) is 19.8. The van der Waals surface area contributed by atoms with Crippen molar-refractivity contribution in [2.24, 2.45) is 0 Å². The molecule has 1 aromatic heterocycles. The van der Waals surface area contributed by atoms with Crippen LogP contribution in [0.2, 0.25) is 0 Å². The van der Waals surface area contributed by atoms with Gasteiger partial charge in [-0.3, -0.25) is 14.3 Å². The monoisotopic (exact) mass is 377 g/mol. The number of H-pyrrole nitrogens is 1. The van der Waals surface area contributed by atoms with Crippen molar-refractivity contribution in [3.05, 3.63) is 32.6 Å². The Labute approximate surface area is 145 Å². The fourth-order valence-electron chi connectivity index (χ4n) is 2.85. The fourth-order valence-corrected chi connectivity index (χ4v) is 3.60. The van der Waals surface area contributed by atoms with Crippen LogP contribution in [0.1, 0.15) is 18.2 Å². The molecule has 0 bridgehead atoms.